The predicted molar refractivity (Wildman–Crippen MR) is 104 cm³/mol. The van der Waals surface area contributed by atoms with Gasteiger partial charge in [-0.2, -0.15) is 4.31 Å². The SMILES string of the molecule is Cl.Nc1cccc(CN2CCN(S(=O)(=O)c3ccc(Cl)cc3)CC2)c1. The van der Waals surface area contributed by atoms with Crippen LogP contribution in [-0.4, -0.2) is 43.8 Å². The lowest BCUT2D eigenvalue weighted by molar-refractivity contribution is 0.181. The number of anilines is 1. The van der Waals surface area contributed by atoms with Crippen molar-refractivity contribution in [3.8, 4) is 0 Å². The van der Waals surface area contributed by atoms with Crippen molar-refractivity contribution in [3.05, 3.63) is 59.1 Å². The molecule has 2 aromatic carbocycles. The number of benzene rings is 2. The Morgan fingerprint density at radius 3 is 2.24 bits per heavy atom. The Hall–Kier alpha value is -1.31. The Balaban J connectivity index is 0.00000225. The lowest BCUT2D eigenvalue weighted by Crippen LogP contribution is -2.48. The van der Waals surface area contributed by atoms with Crippen LogP contribution in [0.25, 0.3) is 0 Å². The number of sulfonamides is 1. The Morgan fingerprint density at radius 2 is 1.64 bits per heavy atom. The molecule has 0 unspecified atom stereocenters. The van der Waals surface area contributed by atoms with Crippen molar-refractivity contribution in [1.82, 2.24) is 9.21 Å². The van der Waals surface area contributed by atoms with Gasteiger partial charge in [0.1, 0.15) is 0 Å². The zero-order valence-electron chi connectivity index (χ0n) is 13.6. The molecule has 1 fully saturated rings. The molecule has 136 valence electrons. The van der Waals surface area contributed by atoms with Crippen LogP contribution in [0.15, 0.2) is 53.4 Å². The van der Waals surface area contributed by atoms with Crippen molar-refractivity contribution in [1.29, 1.82) is 0 Å². The third kappa shape index (κ3) is 4.86. The van der Waals surface area contributed by atoms with Crippen molar-refractivity contribution in [2.45, 2.75) is 11.4 Å². The molecule has 2 N–H and O–H groups in total. The minimum absolute atomic E-state index is 0. The normalized spacial score (nSPS) is 16.4. The molecule has 0 saturated carbocycles. The van der Waals surface area contributed by atoms with Gasteiger partial charge in [0, 0.05) is 43.4 Å². The van der Waals surface area contributed by atoms with Gasteiger partial charge in [0.15, 0.2) is 0 Å². The van der Waals surface area contributed by atoms with Gasteiger partial charge in [-0.15, -0.1) is 12.4 Å². The summed E-state index contributed by atoms with van der Waals surface area (Å²) in [5.41, 5.74) is 7.69. The van der Waals surface area contributed by atoms with Crippen LogP contribution in [0.2, 0.25) is 5.02 Å². The summed E-state index contributed by atoms with van der Waals surface area (Å²) < 4.78 is 26.8. The van der Waals surface area contributed by atoms with Gasteiger partial charge in [-0.3, -0.25) is 4.90 Å². The fraction of sp³-hybridized carbons (Fsp3) is 0.294. The van der Waals surface area contributed by atoms with Crippen molar-refractivity contribution >= 4 is 39.7 Å². The van der Waals surface area contributed by atoms with Crippen LogP contribution in [0, 0.1) is 0 Å². The Labute approximate surface area is 159 Å². The molecule has 1 heterocycles. The first-order chi connectivity index (χ1) is 11.4. The number of nitrogens with zero attached hydrogens (tertiary/aromatic N) is 2. The van der Waals surface area contributed by atoms with Crippen LogP contribution in [0.5, 0.6) is 0 Å². The lowest BCUT2D eigenvalue weighted by atomic mass is 10.2. The number of halogens is 2. The van der Waals surface area contributed by atoms with Gasteiger partial charge in [-0.25, -0.2) is 8.42 Å². The fourth-order valence-corrected chi connectivity index (χ4v) is 4.38. The van der Waals surface area contributed by atoms with Crippen LogP contribution in [0.4, 0.5) is 5.69 Å². The summed E-state index contributed by atoms with van der Waals surface area (Å²) in [5, 5.41) is 0.529. The van der Waals surface area contributed by atoms with E-state index in [1.807, 2.05) is 24.3 Å². The second-order valence-corrected chi connectivity index (χ2v) is 8.25. The highest BCUT2D eigenvalue weighted by atomic mass is 35.5. The first-order valence-electron chi connectivity index (χ1n) is 7.78. The topological polar surface area (TPSA) is 66.6 Å². The highest BCUT2D eigenvalue weighted by Gasteiger charge is 2.28. The molecule has 8 heteroatoms. The molecular weight excluding hydrogens is 381 g/mol. The summed E-state index contributed by atoms with van der Waals surface area (Å²) in [6.07, 6.45) is 0. The molecule has 1 aliphatic rings. The van der Waals surface area contributed by atoms with E-state index in [1.54, 1.807) is 24.3 Å². The van der Waals surface area contributed by atoms with Crippen molar-refractivity contribution < 1.29 is 8.42 Å². The second-order valence-electron chi connectivity index (χ2n) is 5.88. The minimum atomic E-state index is -3.45. The van der Waals surface area contributed by atoms with Crippen LogP contribution >= 0.6 is 24.0 Å². The average Bonchev–Trinajstić information content (AvgIpc) is 2.56. The van der Waals surface area contributed by atoms with Gasteiger partial charge in [-0.05, 0) is 42.0 Å². The molecule has 1 aliphatic heterocycles. The van der Waals surface area contributed by atoms with Crippen molar-refractivity contribution in [2.75, 3.05) is 31.9 Å². The quantitative estimate of drug-likeness (QED) is 0.799. The molecule has 0 atom stereocenters. The summed E-state index contributed by atoms with van der Waals surface area (Å²) in [7, 11) is -3.45. The minimum Gasteiger partial charge on any atom is -0.399 e. The van der Waals surface area contributed by atoms with Gasteiger partial charge >= 0.3 is 0 Å². The summed E-state index contributed by atoms with van der Waals surface area (Å²) >= 11 is 5.83. The van der Waals surface area contributed by atoms with Gasteiger partial charge in [-0.1, -0.05) is 23.7 Å². The molecule has 0 aliphatic carbocycles. The van der Waals surface area contributed by atoms with Gasteiger partial charge in [0.2, 0.25) is 10.0 Å². The smallest absolute Gasteiger partial charge is 0.243 e. The maximum absolute atomic E-state index is 12.7. The molecule has 0 spiro atoms. The van der Waals surface area contributed by atoms with E-state index in [0.29, 0.717) is 31.2 Å². The summed E-state index contributed by atoms with van der Waals surface area (Å²) in [6.45, 7) is 3.13. The standard InChI is InChI=1S/C17H20ClN3O2S.ClH/c18-15-4-6-17(7-5-15)24(22,23)21-10-8-20(9-11-21)13-14-2-1-3-16(19)12-14;/h1-7,12H,8-11,13,19H2;1H. The number of nitrogens with two attached hydrogens (primary N) is 1. The number of nitrogen functional groups attached to an aromatic ring is 1. The van der Waals surface area contributed by atoms with Gasteiger partial charge < -0.3 is 5.73 Å². The van der Waals surface area contributed by atoms with E-state index in [4.69, 9.17) is 17.3 Å². The van der Waals surface area contributed by atoms with E-state index in [1.165, 1.54) is 4.31 Å². The zero-order valence-corrected chi connectivity index (χ0v) is 16.0. The summed E-state index contributed by atoms with van der Waals surface area (Å²) in [6, 6.07) is 14.1. The zero-order chi connectivity index (χ0) is 17.2. The molecule has 1 saturated heterocycles. The van der Waals surface area contributed by atoms with E-state index in [0.717, 1.165) is 17.8 Å². The van der Waals surface area contributed by atoms with E-state index in [9.17, 15) is 8.42 Å². The molecule has 0 aromatic heterocycles. The molecule has 2 aromatic rings. The van der Waals surface area contributed by atoms with Crippen molar-refractivity contribution in [3.63, 3.8) is 0 Å². The van der Waals surface area contributed by atoms with Crippen LogP contribution < -0.4 is 5.73 Å². The molecule has 0 amide bonds. The third-order valence-electron chi connectivity index (χ3n) is 4.14. The average molecular weight is 402 g/mol. The predicted octanol–water partition coefficient (Wildman–Crippen LogP) is 2.85. The van der Waals surface area contributed by atoms with E-state index >= 15 is 0 Å². The van der Waals surface area contributed by atoms with Crippen LogP contribution in [0.3, 0.4) is 0 Å². The number of hydrogen-bond acceptors (Lipinski definition) is 4. The Bertz CT molecular complexity index is 805. The number of hydrogen-bond donors (Lipinski definition) is 1. The van der Waals surface area contributed by atoms with E-state index in [-0.39, 0.29) is 17.3 Å². The number of rotatable bonds is 4. The Morgan fingerprint density at radius 1 is 1.00 bits per heavy atom. The van der Waals surface area contributed by atoms with Gasteiger partial charge in [0.05, 0.1) is 4.90 Å². The molecule has 0 bridgehead atoms. The largest absolute Gasteiger partial charge is 0.399 e. The highest BCUT2D eigenvalue weighted by Crippen LogP contribution is 2.20. The van der Waals surface area contributed by atoms with Crippen molar-refractivity contribution in [2.24, 2.45) is 0 Å². The summed E-state index contributed by atoms with van der Waals surface area (Å²) in [5.74, 6) is 0. The maximum Gasteiger partial charge on any atom is 0.243 e. The summed E-state index contributed by atoms with van der Waals surface area (Å²) in [4.78, 5) is 2.53. The van der Waals surface area contributed by atoms with Crippen LogP contribution in [0.1, 0.15) is 5.56 Å². The molecule has 3 rings (SSSR count). The van der Waals surface area contributed by atoms with Gasteiger partial charge in [0.25, 0.3) is 0 Å². The Kier molecular flexibility index (Phi) is 6.71. The first-order valence-corrected chi connectivity index (χ1v) is 9.59. The highest BCUT2D eigenvalue weighted by molar-refractivity contribution is 7.89. The fourth-order valence-electron chi connectivity index (χ4n) is 2.83. The maximum atomic E-state index is 12.7. The lowest BCUT2D eigenvalue weighted by Gasteiger charge is -2.34. The van der Waals surface area contributed by atoms with E-state index < -0.39 is 10.0 Å². The molecule has 25 heavy (non-hydrogen) atoms. The molecular formula is C17H21Cl2N3O2S. The third-order valence-corrected chi connectivity index (χ3v) is 6.30. The van der Waals surface area contributed by atoms with Crippen LogP contribution in [-0.2, 0) is 16.6 Å². The molecule has 5 nitrogen and oxygen atoms in total. The van der Waals surface area contributed by atoms with E-state index in [2.05, 4.69) is 4.90 Å². The first kappa shape index (κ1) is 20.0. The monoisotopic (exact) mass is 401 g/mol. The molecule has 0 radical (unpaired) electrons. The number of piperazine rings is 1. The second kappa shape index (κ2) is 8.38.